The summed E-state index contributed by atoms with van der Waals surface area (Å²) in [5, 5.41) is 11.2. The van der Waals surface area contributed by atoms with E-state index in [1.54, 1.807) is 30.0 Å². The number of carbonyl (C=O) groups excluding carboxylic acids is 1. The summed E-state index contributed by atoms with van der Waals surface area (Å²) in [5.74, 6) is -0.180. The van der Waals surface area contributed by atoms with E-state index in [0.717, 1.165) is 21.2 Å². The number of fused-ring (bicyclic) bond motifs is 3. The highest BCUT2D eigenvalue weighted by atomic mass is 35.5. The molecule has 0 saturated heterocycles. The number of carbonyl (C=O) groups is 1. The maximum atomic E-state index is 12.9. The quantitative estimate of drug-likeness (QED) is 0.536. The van der Waals surface area contributed by atoms with Crippen LogP contribution in [0.2, 0.25) is 5.02 Å². The number of ketones is 1. The van der Waals surface area contributed by atoms with Gasteiger partial charge in [0.05, 0.1) is 16.9 Å². The van der Waals surface area contributed by atoms with Crippen molar-refractivity contribution in [3.8, 4) is 0 Å². The van der Waals surface area contributed by atoms with Crippen molar-refractivity contribution in [1.82, 2.24) is 0 Å². The Labute approximate surface area is 165 Å². The summed E-state index contributed by atoms with van der Waals surface area (Å²) >= 11 is 7.70. The minimum absolute atomic E-state index is 0.00739. The molecule has 1 aliphatic heterocycles. The molecular weight excluding hydrogens is 378 g/mol. The molecule has 1 N–H and O–H groups in total. The van der Waals surface area contributed by atoms with E-state index in [9.17, 15) is 9.90 Å². The zero-order valence-electron chi connectivity index (χ0n) is 14.4. The molecule has 0 bridgehead atoms. The first kappa shape index (κ1) is 16.5. The molecule has 0 aromatic heterocycles. The minimum Gasteiger partial charge on any atom is -0.507 e. The SMILES string of the molecule is CN1c2ccccc2Sc2cc(C3=C(O)c4cc(Cl)ccc4C3=O)ccc21. The lowest BCUT2D eigenvalue weighted by Gasteiger charge is -2.29. The van der Waals surface area contributed by atoms with Gasteiger partial charge in [-0.2, -0.15) is 0 Å². The smallest absolute Gasteiger partial charge is 0.198 e. The molecule has 0 atom stereocenters. The Kier molecular flexibility index (Phi) is 3.61. The van der Waals surface area contributed by atoms with Gasteiger partial charge in [0, 0.05) is 33.0 Å². The van der Waals surface area contributed by atoms with Crippen molar-refractivity contribution in [2.24, 2.45) is 0 Å². The lowest BCUT2D eigenvalue weighted by Crippen LogP contribution is -2.14. The first-order valence-electron chi connectivity index (χ1n) is 8.47. The lowest BCUT2D eigenvalue weighted by molar-refractivity contribution is 0.105. The number of hydrogen-bond acceptors (Lipinski definition) is 4. The number of anilines is 2. The lowest BCUT2D eigenvalue weighted by atomic mass is 10.0. The van der Waals surface area contributed by atoms with Gasteiger partial charge in [-0.15, -0.1) is 0 Å². The van der Waals surface area contributed by atoms with Crippen LogP contribution in [-0.2, 0) is 0 Å². The number of para-hydroxylation sites is 1. The van der Waals surface area contributed by atoms with Crippen LogP contribution in [0.15, 0.2) is 70.5 Å². The highest BCUT2D eigenvalue weighted by Gasteiger charge is 2.32. The normalized spacial score (nSPS) is 14.9. The number of allylic oxidation sites excluding steroid dienone is 1. The van der Waals surface area contributed by atoms with Crippen molar-refractivity contribution in [3.63, 3.8) is 0 Å². The Hall–Kier alpha value is -2.69. The van der Waals surface area contributed by atoms with Crippen molar-refractivity contribution in [2.45, 2.75) is 9.79 Å². The van der Waals surface area contributed by atoms with Crippen molar-refractivity contribution in [2.75, 3.05) is 11.9 Å². The van der Waals surface area contributed by atoms with Crippen LogP contribution in [0.5, 0.6) is 0 Å². The fraction of sp³-hybridized carbons (Fsp3) is 0.0455. The fourth-order valence-electron chi connectivity index (χ4n) is 3.65. The Balaban J connectivity index is 1.62. The number of aliphatic hydroxyl groups excluding tert-OH is 1. The monoisotopic (exact) mass is 391 g/mol. The maximum absolute atomic E-state index is 12.9. The summed E-state index contributed by atoms with van der Waals surface area (Å²) in [6, 6.07) is 19.1. The van der Waals surface area contributed by atoms with E-state index in [1.165, 1.54) is 0 Å². The molecule has 0 amide bonds. The number of halogens is 1. The van der Waals surface area contributed by atoms with Crippen LogP contribution in [0.4, 0.5) is 11.4 Å². The van der Waals surface area contributed by atoms with Crippen LogP contribution in [0.25, 0.3) is 11.3 Å². The molecule has 0 fully saturated rings. The first-order valence-corrected chi connectivity index (χ1v) is 9.67. The molecule has 5 heteroatoms. The van der Waals surface area contributed by atoms with Gasteiger partial charge >= 0.3 is 0 Å². The van der Waals surface area contributed by atoms with Crippen LogP contribution < -0.4 is 4.90 Å². The summed E-state index contributed by atoms with van der Waals surface area (Å²) in [5.41, 5.74) is 4.26. The molecule has 0 radical (unpaired) electrons. The van der Waals surface area contributed by atoms with E-state index in [0.29, 0.717) is 27.3 Å². The molecule has 3 aromatic rings. The van der Waals surface area contributed by atoms with Crippen LogP contribution in [-0.4, -0.2) is 17.9 Å². The zero-order chi connectivity index (χ0) is 18.7. The summed E-state index contributed by atoms with van der Waals surface area (Å²) in [6.07, 6.45) is 0. The van der Waals surface area contributed by atoms with Gasteiger partial charge < -0.3 is 10.0 Å². The zero-order valence-corrected chi connectivity index (χ0v) is 15.9. The number of hydrogen-bond donors (Lipinski definition) is 1. The largest absolute Gasteiger partial charge is 0.507 e. The molecule has 0 unspecified atom stereocenters. The average Bonchev–Trinajstić information content (AvgIpc) is 2.91. The van der Waals surface area contributed by atoms with Gasteiger partial charge in [0.1, 0.15) is 5.76 Å². The molecule has 1 heterocycles. The van der Waals surface area contributed by atoms with Gasteiger partial charge in [-0.1, -0.05) is 41.6 Å². The molecular formula is C22H14ClNO2S. The number of benzene rings is 3. The van der Waals surface area contributed by atoms with Gasteiger partial charge in [-0.05, 0) is 48.0 Å². The number of Topliss-reactive ketones (excluding diaryl/α,β-unsaturated/α-hetero) is 1. The van der Waals surface area contributed by atoms with Crippen molar-refractivity contribution >= 4 is 51.9 Å². The van der Waals surface area contributed by atoms with E-state index in [1.807, 2.05) is 37.4 Å². The minimum atomic E-state index is -0.173. The predicted molar refractivity (Wildman–Crippen MR) is 110 cm³/mol. The first-order chi connectivity index (χ1) is 13.0. The summed E-state index contributed by atoms with van der Waals surface area (Å²) < 4.78 is 0. The van der Waals surface area contributed by atoms with E-state index in [2.05, 4.69) is 17.0 Å². The van der Waals surface area contributed by atoms with Gasteiger partial charge in [-0.25, -0.2) is 0 Å². The highest BCUT2D eigenvalue weighted by Crippen LogP contribution is 2.49. The Morgan fingerprint density at radius 3 is 2.56 bits per heavy atom. The molecule has 3 nitrogen and oxygen atoms in total. The second-order valence-electron chi connectivity index (χ2n) is 6.55. The van der Waals surface area contributed by atoms with Gasteiger partial charge in [0.2, 0.25) is 0 Å². The molecule has 5 rings (SSSR count). The standard InChI is InChI=1S/C22H14ClNO2S/c1-24-16-4-2-3-5-18(16)27-19-10-12(6-9-17(19)24)20-21(25)14-8-7-13(23)11-15(14)22(20)26/h2-11,26H,1H3. The fourth-order valence-corrected chi connectivity index (χ4v) is 5.01. The number of rotatable bonds is 1. The van der Waals surface area contributed by atoms with Crippen LogP contribution in [0.3, 0.4) is 0 Å². The highest BCUT2D eigenvalue weighted by molar-refractivity contribution is 7.99. The molecule has 132 valence electrons. The second kappa shape index (κ2) is 5.91. The van der Waals surface area contributed by atoms with Crippen LogP contribution in [0.1, 0.15) is 21.5 Å². The topological polar surface area (TPSA) is 40.5 Å². The average molecular weight is 392 g/mol. The molecule has 1 aliphatic carbocycles. The molecule has 0 spiro atoms. The molecule has 27 heavy (non-hydrogen) atoms. The van der Waals surface area contributed by atoms with Crippen molar-refractivity contribution in [3.05, 3.63) is 82.4 Å². The van der Waals surface area contributed by atoms with E-state index < -0.39 is 0 Å². The van der Waals surface area contributed by atoms with E-state index in [-0.39, 0.29) is 11.5 Å². The molecule has 2 aliphatic rings. The summed E-state index contributed by atoms with van der Waals surface area (Å²) in [6.45, 7) is 0. The Bertz CT molecular complexity index is 1170. The van der Waals surface area contributed by atoms with Crippen LogP contribution >= 0.6 is 23.4 Å². The van der Waals surface area contributed by atoms with Crippen molar-refractivity contribution in [1.29, 1.82) is 0 Å². The van der Waals surface area contributed by atoms with Gasteiger partial charge in [-0.3, -0.25) is 4.79 Å². The van der Waals surface area contributed by atoms with Gasteiger partial charge in [0.15, 0.2) is 5.78 Å². The maximum Gasteiger partial charge on any atom is 0.198 e. The third-order valence-corrected chi connectivity index (χ3v) is 6.35. The third-order valence-electron chi connectivity index (χ3n) is 5.00. The van der Waals surface area contributed by atoms with Crippen molar-refractivity contribution < 1.29 is 9.90 Å². The Morgan fingerprint density at radius 2 is 1.70 bits per heavy atom. The van der Waals surface area contributed by atoms with E-state index in [4.69, 9.17) is 11.6 Å². The number of nitrogens with zero attached hydrogens (tertiary/aromatic N) is 1. The summed E-state index contributed by atoms with van der Waals surface area (Å²) in [4.78, 5) is 17.2. The van der Waals surface area contributed by atoms with Crippen LogP contribution in [0, 0.1) is 0 Å². The molecule has 0 saturated carbocycles. The second-order valence-corrected chi connectivity index (χ2v) is 8.07. The Morgan fingerprint density at radius 1 is 0.926 bits per heavy atom. The molecule has 3 aromatic carbocycles. The summed E-state index contributed by atoms with van der Waals surface area (Å²) in [7, 11) is 2.03. The van der Waals surface area contributed by atoms with Gasteiger partial charge in [0.25, 0.3) is 0 Å². The van der Waals surface area contributed by atoms with E-state index >= 15 is 0 Å². The predicted octanol–water partition coefficient (Wildman–Crippen LogP) is 6.20. The number of aliphatic hydroxyl groups is 1. The third kappa shape index (κ3) is 2.41.